The summed E-state index contributed by atoms with van der Waals surface area (Å²) in [5.41, 5.74) is 3.29. The van der Waals surface area contributed by atoms with Crippen molar-refractivity contribution in [2.75, 3.05) is 0 Å². The van der Waals surface area contributed by atoms with Crippen molar-refractivity contribution >= 4 is 28.2 Å². The molecule has 2 aromatic heterocycles. The molecule has 2 heterocycles. The molecule has 0 bridgehead atoms. The monoisotopic (exact) mass is 289 g/mol. The standard InChI is InChI=1S/C13H11N3O3S/c14-15-12(17)11-9(7-16-5-6-20-13(16)18)8-3-1-2-4-10(8)19-11/h1-6H,7,14H2,(H,15,17). The normalized spacial score (nSPS) is 10.8. The minimum atomic E-state index is -0.514. The van der Waals surface area contributed by atoms with E-state index in [1.165, 1.54) is 4.57 Å². The third kappa shape index (κ3) is 2.02. The molecule has 0 atom stereocenters. The summed E-state index contributed by atoms with van der Waals surface area (Å²) in [6, 6.07) is 7.28. The molecule has 0 radical (unpaired) electrons. The van der Waals surface area contributed by atoms with Crippen molar-refractivity contribution < 1.29 is 9.21 Å². The molecular weight excluding hydrogens is 278 g/mol. The Morgan fingerprint density at radius 1 is 1.40 bits per heavy atom. The number of hydrazine groups is 1. The summed E-state index contributed by atoms with van der Waals surface area (Å²) in [5.74, 6) is 4.79. The van der Waals surface area contributed by atoms with E-state index < -0.39 is 5.91 Å². The van der Waals surface area contributed by atoms with Crippen molar-refractivity contribution in [3.05, 3.63) is 56.8 Å². The van der Waals surface area contributed by atoms with Crippen LogP contribution in [0.15, 0.2) is 45.1 Å². The summed E-state index contributed by atoms with van der Waals surface area (Å²) in [5, 5.41) is 2.50. The summed E-state index contributed by atoms with van der Waals surface area (Å²) in [6.45, 7) is 0.266. The molecule has 3 rings (SSSR count). The van der Waals surface area contributed by atoms with Crippen LogP contribution in [0.2, 0.25) is 0 Å². The first-order chi connectivity index (χ1) is 9.70. The van der Waals surface area contributed by atoms with Gasteiger partial charge in [0.25, 0.3) is 0 Å². The highest BCUT2D eigenvalue weighted by Gasteiger charge is 2.20. The van der Waals surface area contributed by atoms with Crippen LogP contribution in [0.3, 0.4) is 0 Å². The molecular formula is C13H11N3O3S. The molecule has 0 saturated heterocycles. The Balaban J connectivity index is 2.18. The molecule has 1 amide bonds. The average molecular weight is 289 g/mol. The van der Waals surface area contributed by atoms with Gasteiger partial charge in [0.05, 0.1) is 6.54 Å². The lowest BCUT2D eigenvalue weighted by atomic mass is 10.1. The van der Waals surface area contributed by atoms with Crippen LogP contribution < -0.4 is 16.1 Å². The van der Waals surface area contributed by atoms with E-state index in [-0.39, 0.29) is 17.2 Å². The largest absolute Gasteiger partial charge is 0.450 e. The van der Waals surface area contributed by atoms with Gasteiger partial charge < -0.3 is 8.98 Å². The van der Waals surface area contributed by atoms with Gasteiger partial charge >= 0.3 is 10.8 Å². The summed E-state index contributed by atoms with van der Waals surface area (Å²) in [6.07, 6.45) is 1.68. The lowest BCUT2D eigenvalue weighted by Gasteiger charge is -2.02. The highest BCUT2D eigenvalue weighted by molar-refractivity contribution is 7.07. The molecule has 0 fully saturated rings. The van der Waals surface area contributed by atoms with Crippen molar-refractivity contribution in [3.63, 3.8) is 0 Å². The van der Waals surface area contributed by atoms with Crippen LogP contribution >= 0.6 is 11.3 Å². The number of nitrogens with one attached hydrogen (secondary N) is 1. The van der Waals surface area contributed by atoms with Gasteiger partial charge in [-0.2, -0.15) is 0 Å². The highest BCUT2D eigenvalue weighted by atomic mass is 32.1. The van der Waals surface area contributed by atoms with Crippen LogP contribution in [0.5, 0.6) is 0 Å². The first-order valence-corrected chi connectivity index (χ1v) is 6.74. The van der Waals surface area contributed by atoms with E-state index in [1.54, 1.807) is 17.6 Å². The van der Waals surface area contributed by atoms with Crippen LogP contribution in [-0.4, -0.2) is 10.5 Å². The van der Waals surface area contributed by atoms with Gasteiger partial charge in [-0.15, -0.1) is 0 Å². The molecule has 3 aromatic rings. The molecule has 0 aliphatic rings. The summed E-state index contributed by atoms with van der Waals surface area (Å²) in [7, 11) is 0. The van der Waals surface area contributed by atoms with Crippen molar-refractivity contribution in [2.45, 2.75) is 6.54 Å². The zero-order valence-corrected chi connectivity index (χ0v) is 11.1. The number of benzene rings is 1. The fraction of sp³-hybridized carbons (Fsp3) is 0.0769. The predicted octanol–water partition coefficient (Wildman–Crippen LogP) is 1.31. The first kappa shape index (κ1) is 12.6. The number of amides is 1. The van der Waals surface area contributed by atoms with E-state index in [0.717, 1.165) is 16.7 Å². The molecule has 3 N–H and O–H groups in total. The van der Waals surface area contributed by atoms with E-state index in [1.807, 2.05) is 18.2 Å². The Hall–Kier alpha value is -2.38. The van der Waals surface area contributed by atoms with E-state index in [2.05, 4.69) is 5.43 Å². The number of carbonyl (C=O) groups excluding carboxylic acids is 1. The first-order valence-electron chi connectivity index (χ1n) is 5.86. The van der Waals surface area contributed by atoms with Gasteiger partial charge in [0.2, 0.25) is 0 Å². The summed E-state index contributed by atoms with van der Waals surface area (Å²) < 4.78 is 7.06. The molecule has 1 aromatic carbocycles. The second-order valence-electron chi connectivity index (χ2n) is 4.18. The van der Waals surface area contributed by atoms with Gasteiger partial charge in [0.15, 0.2) is 5.76 Å². The minimum absolute atomic E-state index is 0.0885. The van der Waals surface area contributed by atoms with Crippen molar-refractivity contribution in [2.24, 2.45) is 5.84 Å². The van der Waals surface area contributed by atoms with E-state index in [4.69, 9.17) is 10.3 Å². The maximum atomic E-state index is 11.8. The molecule has 0 spiro atoms. The van der Waals surface area contributed by atoms with Gasteiger partial charge in [-0.25, -0.2) is 5.84 Å². The van der Waals surface area contributed by atoms with Crippen molar-refractivity contribution in [1.29, 1.82) is 0 Å². The average Bonchev–Trinajstić information content (AvgIpc) is 3.03. The second kappa shape index (κ2) is 4.95. The Morgan fingerprint density at radius 2 is 2.20 bits per heavy atom. The fourth-order valence-corrected chi connectivity index (χ4v) is 2.67. The lowest BCUT2D eigenvalue weighted by molar-refractivity contribution is 0.0926. The van der Waals surface area contributed by atoms with Crippen molar-refractivity contribution in [3.8, 4) is 0 Å². The fourth-order valence-electron chi connectivity index (χ4n) is 2.08. The molecule has 6 nitrogen and oxygen atoms in total. The van der Waals surface area contributed by atoms with Gasteiger partial charge in [0, 0.05) is 22.5 Å². The van der Waals surface area contributed by atoms with Crippen LogP contribution in [0.1, 0.15) is 16.1 Å². The number of nitrogens with zero attached hydrogens (tertiary/aromatic N) is 1. The number of aromatic nitrogens is 1. The molecule has 0 aliphatic heterocycles. The van der Waals surface area contributed by atoms with Gasteiger partial charge in [0.1, 0.15) is 5.58 Å². The number of thiazole rings is 1. The Morgan fingerprint density at radius 3 is 2.90 bits per heavy atom. The smallest absolute Gasteiger partial charge is 0.307 e. The second-order valence-corrected chi connectivity index (χ2v) is 5.03. The van der Waals surface area contributed by atoms with Crippen molar-refractivity contribution in [1.82, 2.24) is 9.99 Å². The lowest BCUT2D eigenvalue weighted by Crippen LogP contribution is -2.30. The highest BCUT2D eigenvalue weighted by Crippen LogP contribution is 2.26. The predicted molar refractivity (Wildman–Crippen MR) is 75.5 cm³/mol. The molecule has 0 unspecified atom stereocenters. The number of furan rings is 1. The Labute approximate surface area is 117 Å². The molecule has 0 saturated carbocycles. The van der Waals surface area contributed by atoms with Crippen LogP contribution in [-0.2, 0) is 6.54 Å². The number of rotatable bonds is 3. The van der Waals surface area contributed by atoms with Crippen LogP contribution in [0.4, 0.5) is 0 Å². The number of hydrogen-bond acceptors (Lipinski definition) is 5. The van der Waals surface area contributed by atoms with Gasteiger partial charge in [-0.05, 0) is 6.07 Å². The summed E-state index contributed by atoms with van der Waals surface area (Å²) >= 11 is 1.10. The topological polar surface area (TPSA) is 90.3 Å². The van der Waals surface area contributed by atoms with Gasteiger partial charge in [-0.3, -0.25) is 15.0 Å². The zero-order chi connectivity index (χ0) is 14.1. The van der Waals surface area contributed by atoms with E-state index in [9.17, 15) is 9.59 Å². The van der Waals surface area contributed by atoms with E-state index in [0.29, 0.717) is 11.1 Å². The van der Waals surface area contributed by atoms with Crippen LogP contribution in [0, 0.1) is 0 Å². The maximum Gasteiger partial charge on any atom is 0.307 e. The summed E-state index contributed by atoms with van der Waals surface area (Å²) in [4.78, 5) is 23.4. The van der Waals surface area contributed by atoms with Gasteiger partial charge in [-0.1, -0.05) is 29.5 Å². The molecule has 20 heavy (non-hydrogen) atoms. The quantitative estimate of drug-likeness (QED) is 0.432. The molecule has 7 heteroatoms. The maximum absolute atomic E-state index is 11.8. The number of carbonyl (C=O) groups is 1. The Bertz CT molecular complexity index is 831. The third-order valence-electron chi connectivity index (χ3n) is 3.01. The Kier molecular flexibility index (Phi) is 3.13. The third-order valence-corrected chi connectivity index (χ3v) is 3.70. The number of hydrogen-bond donors (Lipinski definition) is 2. The van der Waals surface area contributed by atoms with E-state index >= 15 is 0 Å². The van der Waals surface area contributed by atoms with Crippen LogP contribution in [0.25, 0.3) is 11.0 Å². The minimum Gasteiger partial charge on any atom is -0.450 e. The SMILES string of the molecule is NNC(=O)c1oc2ccccc2c1Cn1ccsc1=O. The number of nitrogen functional groups attached to an aromatic ring is 1. The number of nitrogens with two attached hydrogens (primary N) is 1. The number of fused-ring (bicyclic) bond motifs is 1. The molecule has 102 valence electrons. The number of para-hydroxylation sites is 1. The zero-order valence-electron chi connectivity index (χ0n) is 10.3. The molecule has 0 aliphatic carbocycles.